The second-order valence-electron chi connectivity index (χ2n) is 11.8. The number of likely N-dealkylation sites (N-methyl/N-ethyl adjacent to an activating group) is 1. The predicted octanol–water partition coefficient (Wildman–Crippen LogP) is 6.04. The van der Waals surface area contributed by atoms with Gasteiger partial charge in [-0.15, -0.1) is 0 Å². The summed E-state index contributed by atoms with van der Waals surface area (Å²) in [4.78, 5) is 40.8. The summed E-state index contributed by atoms with van der Waals surface area (Å²) in [5, 5.41) is 9.65. The molecule has 0 spiro atoms. The van der Waals surface area contributed by atoms with E-state index < -0.39 is 0 Å². The van der Waals surface area contributed by atoms with E-state index in [4.69, 9.17) is 6.57 Å². The Hall–Kier alpha value is -4.88. The largest absolute Gasteiger partial charge is 0.367 e. The first-order valence-corrected chi connectivity index (χ1v) is 15.6. The number of hydrogen-bond acceptors (Lipinski definition) is 6. The maximum absolute atomic E-state index is 14.0. The molecule has 1 saturated carbocycles. The fourth-order valence-electron chi connectivity index (χ4n) is 6.08. The van der Waals surface area contributed by atoms with Crippen LogP contribution in [0.3, 0.4) is 0 Å². The molecule has 0 unspecified atom stereocenters. The van der Waals surface area contributed by atoms with Gasteiger partial charge in [0.2, 0.25) is 11.6 Å². The van der Waals surface area contributed by atoms with E-state index in [1.807, 2.05) is 59.5 Å². The Bertz CT molecular complexity index is 1510. The molecular formula is C35H42N8O2. The highest BCUT2D eigenvalue weighted by atomic mass is 16.2. The molecule has 5 rings (SSSR count). The molecule has 1 aromatic heterocycles. The Morgan fingerprint density at radius 3 is 2.53 bits per heavy atom. The Morgan fingerprint density at radius 2 is 1.87 bits per heavy atom. The van der Waals surface area contributed by atoms with Crippen LogP contribution in [-0.2, 0) is 11.3 Å². The van der Waals surface area contributed by atoms with Crippen molar-refractivity contribution in [1.82, 2.24) is 15.2 Å². The SMILES string of the molecule is [C-]#[N+]c1ccc(NC2CCC(N(C(=O)NCc3ccccc3)c3ccc(N4CCN(C)[C@@H](C)C4)c(NC(=O)C=C)c3)CC2)nc1. The van der Waals surface area contributed by atoms with Gasteiger partial charge in [-0.1, -0.05) is 43.0 Å². The van der Waals surface area contributed by atoms with Gasteiger partial charge in [0, 0.05) is 56.2 Å². The number of anilines is 4. The van der Waals surface area contributed by atoms with Crippen LogP contribution in [0.15, 0.2) is 79.5 Å². The van der Waals surface area contributed by atoms with E-state index in [0.29, 0.717) is 24.0 Å². The maximum atomic E-state index is 14.0. The lowest BCUT2D eigenvalue weighted by atomic mass is 9.89. The van der Waals surface area contributed by atoms with Crippen LogP contribution in [0.5, 0.6) is 0 Å². The molecule has 3 aromatic rings. The quantitative estimate of drug-likeness (QED) is 0.203. The average molecular weight is 607 g/mol. The number of piperazine rings is 1. The summed E-state index contributed by atoms with van der Waals surface area (Å²) in [6.45, 7) is 16.0. The molecule has 10 nitrogen and oxygen atoms in total. The molecule has 0 bridgehead atoms. The normalized spacial score (nSPS) is 20.0. The lowest BCUT2D eigenvalue weighted by molar-refractivity contribution is -0.111. The van der Waals surface area contributed by atoms with E-state index >= 15 is 0 Å². The van der Waals surface area contributed by atoms with Crippen molar-refractivity contribution >= 4 is 40.5 Å². The second kappa shape index (κ2) is 14.7. The number of benzene rings is 2. The van der Waals surface area contributed by atoms with Gasteiger partial charge < -0.3 is 25.8 Å². The third kappa shape index (κ3) is 7.99. The van der Waals surface area contributed by atoms with Gasteiger partial charge >= 0.3 is 6.03 Å². The van der Waals surface area contributed by atoms with Crippen LogP contribution < -0.4 is 25.8 Å². The standard InChI is InChI=1S/C35H42N8O2/c1-5-34(44)40-31-21-30(16-17-32(31)42-20-19-41(4)25(2)24-42)43(35(45)38-22-26-9-7-6-8-10-26)29-14-11-27(12-15-29)39-33-18-13-28(36-3)23-37-33/h5-10,13,16-18,21,23,25,27,29H,1,11-12,14-15,19-20,22,24H2,2,4H3,(H,37,39)(H,38,45)(H,40,44)/t25-,27?,29?/m0/s1. The van der Waals surface area contributed by atoms with Crippen molar-refractivity contribution in [2.24, 2.45) is 0 Å². The van der Waals surface area contributed by atoms with Gasteiger partial charge in [0.05, 0.1) is 17.9 Å². The van der Waals surface area contributed by atoms with Crippen LogP contribution in [-0.4, -0.2) is 66.6 Å². The maximum Gasteiger partial charge on any atom is 0.322 e. The van der Waals surface area contributed by atoms with Gasteiger partial charge in [-0.2, -0.15) is 0 Å². The fraction of sp³-hybridized carbons (Fsp3) is 0.371. The minimum atomic E-state index is -0.291. The van der Waals surface area contributed by atoms with Crippen LogP contribution in [0.4, 0.5) is 33.4 Å². The Labute approximate surface area is 265 Å². The fourth-order valence-corrected chi connectivity index (χ4v) is 6.08. The second-order valence-corrected chi connectivity index (χ2v) is 11.8. The molecule has 234 valence electrons. The highest BCUT2D eigenvalue weighted by Gasteiger charge is 2.31. The van der Waals surface area contributed by atoms with E-state index in [-0.39, 0.29) is 24.0 Å². The number of rotatable bonds is 9. The summed E-state index contributed by atoms with van der Waals surface area (Å²) in [6, 6.07) is 19.8. The van der Waals surface area contributed by atoms with E-state index in [9.17, 15) is 9.59 Å². The zero-order chi connectivity index (χ0) is 31.8. The van der Waals surface area contributed by atoms with Crippen LogP contribution in [0.2, 0.25) is 0 Å². The van der Waals surface area contributed by atoms with Crippen molar-refractivity contribution in [2.75, 3.05) is 47.1 Å². The Morgan fingerprint density at radius 1 is 1.09 bits per heavy atom. The van der Waals surface area contributed by atoms with E-state index in [1.165, 1.54) is 6.08 Å². The third-order valence-corrected chi connectivity index (χ3v) is 8.80. The topological polar surface area (TPSA) is 97.2 Å². The van der Waals surface area contributed by atoms with Crippen molar-refractivity contribution in [3.63, 3.8) is 0 Å². The molecule has 1 aliphatic heterocycles. The number of urea groups is 1. The lowest BCUT2D eigenvalue weighted by Gasteiger charge is -2.40. The number of nitrogens with one attached hydrogen (secondary N) is 3. The van der Waals surface area contributed by atoms with Crippen molar-refractivity contribution in [3.8, 4) is 0 Å². The summed E-state index contributed by atoms with van der Waals surface area (Å²) in [7, 11) is 2.13. The van der Waals surface area contributed by atoms with E-state index in [1.54, 1.807) is 12.3 Å². The van der Waals surface area contributed by atoms with Gasteiger partial charge in [-0.25, -0.2) is 9.64 Å². The van der Waals surface area contributed by atoms with Gasteiger partial charge in [-0.05, 0) is 75.6 Å². The van der Waals surface area contributed by atoms with Crippen LogP contribution >= 0.6 is 0 Å². The molecule has 2 aliphatic rings. The first kappa shape index (κ1) is 31.5. The number of amides is 3. The summed E-state index contributed by atoms with van der Waals surface area (Å²) in [5.41, 5.74) is 3.87. The smallest absolute Gasteiger partial charge is 0.322 e. The van der Waals surface area contributed by atoms with Crippen molar-refractivity contribution in [2.45, 2.75) is 57.3 Å². The lowest BCUT2D eigenvalue weighted by Crippen LogP contribution is -2.50. The van der Waals surface area contributed by atoms with Crippen LogP contribution in [0.25, 0.3) is 4.85 Å². The molecular weight excluding hydrogens is 564 g/mol. The van der Waals surface area contributed by atoms with Gasteiger partial charge in [0.1, 0.15) is 5.82 Å². The number of carbonyl (C=O) groups excluding carboxylic acids is 2. The summed E-state index contributed by atoms with van der Waals surface area (Å²) in [6.07, 6.45) is 6.15. The molecule has 1 atom stereocenters. The van der Waals surface area contributed by atoms with E-state index in [2.05, 4.69) is 56.1 Å². The zero-order valence-corrected chi connectivity index (χ0v) is 26.1. The number of carbonyl (C=O) groups is 2. The molecule has 1 saturated heterocycles. The van der Waals surface area contributed by atoms with Gasteiger partial charge in [-0.3, -0.25) is 14.7 Å². The molecule has 45 heavy (non-hydrogen) atoms. The zero-order valence-electron chi connectivity index (χ0n) is 26.1. The summed E-state index contributed by atoms with van der Waals surface area (Å²) >= 11 is 0. The van der Waals surface area contributed by atoms with Crippen molar-refractivity contribution < 1.29 is 9.59 Å². The molecule has 3 amide bonds. The van der Waals surface area contributed by atoms with Crippen molar-refractivity contribution in [3.05, 3.63) is 96.5 Å². The summed E-state index contributed by atoms with van der Waals surface area (Å²) < 4.78 is 0. The first-order chi connectivity index (χ1) is 21.8. The highest BCUT2D eigenvalue weighted by Crippen LogP contribution is 2.36. The molecule has 2 aromatic carbocycles. The molecule has 2 heterocycles. The molecule has 2 fully saturated rings. The number of hydrogen-bond donors (Lipinski definition) is 3. The number of pyridine rings is 1. The minimum Gasteiger partial charge on any atom is -0.367 e. The summed E-state index contributed by atoms with van der Waals surface area (Å²) in [5.74, 6) is 0.458. The molecule has 3 N–H and O–H groups in total. The van der Waals surface area contributed by atoms with Crippen LogP contribution in [0.1, 0.15) is 38.2 Å². The number of aromatic nitrogens is 1. The average Bonchev–Trinajstić information content (AvgIpc) is 3.07. The molecule has 0 radical (unpaired) electrons. The minimum absolute atomic E-state index is 0.0336. The monoisotopic (exact) mass is 606 g/mol. The van der Waals surface area contributed by atoms with Gasteiger partial charge in [0.15, 0.2) is 0 Å². The highest BCUT2D eigenvalue weighted by molar-refractivity contribution is 6.02. The Kier molecular flexibility index (Phi) is 10.3. The predicted molar refractivity (Wildman–Crippen MR) is 181 cm³/mol. The molecule has 10 heteroatoms. The third-order valence-electron chi connectivity index (χ3n) is 8.80. The van der Waals surface area contributed by atoms with Crippen molar-refractivity contribution in [1.29, 1.82) is 0 Å². The number of nitrogens with zero attached hydrogens (tertiary/aromatic N) is 5. The van der Waals surface area contributed by atoms with E-state index in [0.717, 1.165) is 68.1 Å². The van der Waals surface area contributed by atoms with Crippen LogP contribution in [0, 0.1) is 6.57 Å². The first-order valence-electron chi connectivity index (χ1n) is 15.6. The van der Waals surface area contributed by atoms with Gasteiger partial charge in [0.25, 0.3) is 0 Å². The Balaban J connectivity index is 1.39. The molecule has 1 aliphatic carbocycles.